The van der Waals surface area contributed by atoms with E-state index in [1.165, 1.54) is 0 Å². The molecule has 0 aliphatic carbocycles. The number of aliphatic carboxylic acids is 1. The molecule has 2 N–H and O–H groups in total. The zero-order chi connectivity index (χ0) is 15.3. The number of nitrogens with one attached hydrogen (secondary N) is 1. The summed E-state index contributed by atoms with van der Waals surface area (Å²) in [6, 6.07) is 6.91. The molecule has 1 aromatic rings. The van der Waals surface area contributed by atoms with Crippen LogP contribution in [0.3, 0.4) is 0 Å². The van der Waals surface area contributed by atoms with Gasteiger partial charge in [0.15, 0.2) is 0 Å². The third-order valence-electron chi connectivity index (χ3n) is 2.30. The molecule has 0 saturated carbocycles. The van der Waals surface area contributed by atoms with Crippen LogP contribution in [0.25, 0.3) is 5.57 Å². The van der Waals surface area contributed by atoms with E-state index < -0.39 is 17.7 Å². The summed E-state index contributed by atoms with van der Waals surface area (Å²) in [4.78, 5) is 22.3. The first-order valence-corrected chi connectivity index (χ1v) is 6.19. The van der Waals surface area contributed by atoms with Crippen molar-refractivity contribution < 1.29 is 19.4 Å². The Morgan fingerprint density at radius 3 is 2.50 bits per heavy atom. The number of amides is 1. The average molecular weight is 277 g/mol. The summed E-state index contributed by atoms with van der Waals surface area (Å²) in [6.07, 6.45) is 0.571. The van der Waals surface area contributed by atoms with Crippen molar-refractivity contribution in [2.45, 2.75) is 33.3 Å². The average Bonchev–Trinajstić information content (AvgIpc) is 2.25. The Morgan fingerprint density at radius 1 is 1.30 bits per heavy atom. The molecule has 0 bridgehead atoms. The zero-order valence-corrected chi connectivity index (χ0v) is 12.1. The second-order valence-electron chi connectivity index (χ2n) is 5.37. The lowest BCUT2D eigenvalue weighted by atomic mass is 10.1. The fourth-order valence-corrected chi connectivity index (χ4v) is 1.53. The van der Waals surface area contributed by atoms with Crippen molar-refractivity contribution in [3.05, 3.63) is 35.9 Å². The fourth-order valence-electron chi connectivity index (χ4n) is 1.53. The maximum atomic E-state index is 11.6. The van der Waals surface area contributed by atoms with E-state index in [0.717, 1.165) is 11.6 Å². The number of rotatable bonds is 3. The van der Waals surface area contributed by atoms with E-state index in [2.05, 4.69) is 5.32 Å². The van der Waals surface area contributed by atoms with Crippen LogP contribution in [0.1, 0.15) is 33.3 Å². The van der Waals surface area contributed by atoms with Gasteiger partial charge in [-0.1, -0.05) is 12.1 Å². The smallest absolute Gasteiger partial charge is 0.412 e. The second-order valence-corrected chi connectivity index (χ2v) is 5.37. The number of anilines is 1. The summed E-state index contributed by atoms with van der Waals surface area (Å²) in [5, 5.41) is 11.3. The summed E-state index contributed by atoms with van der Waals surface area (Å²) in [7, 11) is 0. The predicted molar refractivity (Wildman–Crippen MR) is 77.6 cm³/mol. The number of benzene rings is 1. The van der Waals surface area contributed by atoms with Crippen LogP contribution < -0.4 is 5.32 Å². The molecular weight excluding hydrogens is 258 g/mol. The van der Waals surface area contributed by atoms with Crippen molar-refractivity contribution in [3.63, 3.8) is 0 Å². The second kappa shape index (κ2) is 6.23. The molecule has 0 radical (unpaired) electrons. The molecule has 0 atom stereocenters. The van der Waals surface area contributed by atoms with E-state index in [1.807, 2.05) is 0 Å². The number of hydrogen-bond donors (Lipinski definition) is 2. The van der Waals surface area contributed by atoms with Gasteiger partial charge in [-0.15, -0.1) is 0 Å². The van der Waals surface area contributed by atoms with Gasteiger partial charge in [0.05, 0.1) is 0 Å². The molecule has 108 valence electrons. The lowest BCUT2D eigenvalue weighted by Crippen LogP contribution is -2.27. The van der Waals surface area contributed by atoms with Crippen LogP contribution in [0.2, 0.25) is 0 Å². The number of allylic oxidation sites excluding steroid dienone is 1. The Hall–Kier alpha value is -2.30. The Balaban J connectivity index is 2.84. The largest absolute Gasteiger partial charge is 0.478 e. The molecule has 0 unspecified atom stereocenters. The van der Waals surface area contributed by atoms with E-state index in [1.54, 1.807) is 52.0 Å². The topological polar surface area (TPSA) is 75.6 Å². The first-order valence-electron chi connectivity index (χ1n) is 6.19. The SMILES string of the molecule is C/C(=C\C(=O)O)c1cccc(NC(=O)OC(C)(C)C)c1. The highest BCUT2D eigenvalue weighted by Crippen LogP contribution is 2.19. The number of carboxylic acid groups (broad SMARTS) is 1. The van der Waals surface area contributed by atoms with E-state index in [4.69, 9.17) is 9.84 Å². The van der Waals surface area contributed by atoms with Crippen LogP contribution in [0.4, 0.5) is 10.5 Å². The molecule has 5 heteroatoms. The number of carbonyl (C=O) groups excluding carboxylic acids is 1. The minimum Gasteiger partial charge on any atom is -0.478 e. The molecule has 0 saturated heterocycles. The predicted octanol–water partition coefficient (Wildman–Crippen LogP) is 3.52. The van der Waals surface area contributed by atoms with Crippen LogP contribution in [0.5, 0.6) is 0 Å². The number of carbonyl (C=O) groups is 2. The zero-order valence-electron chi connectivity index (χ0n) is 12.1. The summed E-state index contributed by atoms with van der Waals surface area (Å²) in [6.45, 7) is 7.04. The van der Waals surface area contributed by atoms with Crippen LogP contribution >= 0.6 is 0 Å². The number of carboxylic acids is 1. The van der Waals surface area contributed by atoms with Crippen molar-refractivity contribution in [3.8, 4) is 0 Å². The molecule has 0 aliphatic heterocycles. The lowest BCUT2D eigenvalue weighted by Gasteiger charge is -2.19. The number of hydrogen-bond acceptors (Lipinski definition) is 3. The van der Waals surface area contributed by atoms with Gasteiger partial charge in [0, 0.05) is 11.8 Å². The Kier molecular flexibility index (Phi) is 4.91. The third kappa shape index (κ3) is 5.56. The minimum atomic E-state index is -1.01. The molecule has 1 amide bonds. The Morgan fingerprint density at radius 2 is 1.95 bits per heavy atom. The number of ether oxygens (including phenoxy) is 1. The molecule has 0 aromatic heterocycles. The first kappa shape index (κ1) is 15.8. The Labute approximate surface area is 118 Å². The van der Waals surface area contributed by atoms with Gasteiger partial charge in [-0.05, 0) is 51.0 Å². The molecule has 0 spiro atoms. The molecule has 5 nitrogen and oxygen atoms in total. The highest BCUT2D eigenvalue weighted by atomic mass is 16.6. The van der Waals surface area contributed by atoms with Gasteiger partial charge in [-0.25, -0.2) is 9.59 Å². The molecule has 0 fully saturated rings. The van der Waals surface area contributed by atoms with Crippen LogP contribution in [0.15, 0.2) is 30.3 Å². The van der Waals surface area contributed by atoms with E-state index in [0.29, 0.717) is 11.3 Å². The van der Waals surface area contributed by atoms with Gasteiger partial charge in [0.25, 0.3) is 0 Å². The standard InChI is InChI=1S/C15H19NO4/c1-10(8-13(17)18)11-6-5-7-12(9-11)16-14(19)20-15(2,3)4/h5-9H,1-4H3,(H,16,19)(H,17,18)/b10-8+. The van der Waals surface area contributed by atoms with Crippen molar-refractivity contribution in [1.29, 1.82) is 0 Å². The summed E-state index contributed by atoms with van der Waals surface area (Å²) < 4.78 is 5.15. The molecule has 1 aromatic carbocycles. The van der Waals surface area contributed by atoms with Gasteiger partial charge < -0.3 is 9.84 Å². The summed E-state index contributed by atoms with van der Waals surface area (Å²) >= 11 is 0. The maximum Gasteiger partial charge on any atom is 0.412 e. The molecule has 1 rings (SSSR count). The third-order valence-corrected chi connectivity index (χ3v) is 2.30. The lowest BCUT2D eigenvalue weighted by molar-refractivity contribution is -0.131. The summed E-state index contributed by atoms with van der Waals surface area (Å²) in [5.74, 6) is -1.01. The summed E-state index contributed by atoms with van der Waals surface area (Å²) in [5.41, 5.74) is 1.31. The van der Waals surface area contributed by atoms with Gasteiger partial charge in [0.2, 0.25) is 0 Å². The molecule has 0 heterocycles. The molecular formula is C15H19NO4. The van der Waals surface area contributed by atoms with E-state index in [9.17, 15) is 9.59 Å². The van der Waals surface area contributed by atoms with Crippen molar-refractivity contribution >= 4 is 23.3 Å². The van der Waals surface area contributed by atoms with Gasteiger partial charge in [-0.2, -0.15) is 0 Å². The van der Waals surface area contributed by atoms with Crippen molar-refractivity contribution in [2.24, 2.45) is 0 Å². The van der Waals surface area contributed by atoms with Gasteiger partial charge >= 0.3 is 12.1 Å². The van der Waals surface area contributed by atoms with Crippen molar-refractivity contribution in [1.82, 2.24) is 0 Å². The van der Waals surface area contributed by atoms with Crippen LogP contribution in [0, 0.1) is 0 Å². The Bertz CT molecular complexity index is 541. The molecule has 20 heavy (non-hydrogen) atoms. The van der Waals surface area contributed by atoms with Gasteiger partial charge in [-0.3, -0.25) is 5.32 Å². The quantitative estimate of drug-likeness (QED) is 0.829. The maximum absolute atomic E-state index is 11.6. The minimum absolute atomic E-state index is 0.547. The van der Waals surface area contributed by atoms with Gasteiger partial charge in [0.1, 0.15) is 5.60 Å². The van der Waals surface area contributed by atoms with Crippen LogP contribution in [-0.4, -0.2) is 22.8 Å². The highest BCUT2D eigenvalue weighted by molar-refractivity contribution is 5.90. The monoisotopic (exact) mass is 277 g/mol. The van der Waals surface area contributed by atoms with Crippen molar-refractivity contribution in [2.75, 3.05) is 5.32 Å². The first-order chi connectivity index (χ1) is 9.17. The van der Waals surface area contributed by atoms with Crippen LogP contribution in [-0.2, 0) is 9.53 Å². The normalized spacial score (nSPS) is 11.9. The molecule has 0 aliphatic rings. The highest BCUT2D eigenvalue weighted by Gasteiger charge is 2.16. The van der Waals surface area contributed by atoms with E-state index in [-0.39, 0.29) is 0 Å². The fraction of sp³-hybridized carbons (Fsp3) is 0.333. The van der Waals surface area contributed by atoms with E-state index >= 15 is 0 Å².